The number of carbonyl (C=O) groups excluding carboxylic acids is 1. The number of nitrogens with zero attached hydrogens (tertiary/aromatic N) is 3. The second-order valence-corrected chi connectivity index (χ2v) is 6.14. The monoisotopic (exact) mass is 428 g/mol. The zero-order valence-corrected chi connectivity index (χ0v) is 17.4. The molecule has 0 aromatic rings. The van der Waals surface area contributed by atoms with E-state index in [2.05, 4.69) is 4.99 Å². The number of halogens is 1. The summed E-state index contributed by atoms with van der Waals surface area (Å²) in [6.45, 7) is 13.9. The molecule has 22 heavy (non-hydrogen) atoms. The van der Waals surface area contributed by atoms with Crippen LogP contribution >= 0.6 is 24.0 Å². The molecule has 0 saturated heterocycles. The lowest BCUT2D eigenvalue weighted by molar-refractivity contribution is 0.0231. The van der Waals surface area contributed by atoms with E-state index in [4.69, 9.17) is 10.5 Å². The lowest BCUT2D eigenvalue weighted by Crippen LogP contribution is -2.40. The van der Waals surface area contributed by atoms with E-state index in [1.807, 2.05) is 46.4 Å². The van der Waals surface area contributed by atoms with Gasteiger partial charge in [0.2, 0.25) is 0 Å². The van der Waals surface area contributed by atoms with Gasteiger partial charge in [-0.3, -0.25) is 4.99 Å². The van der Waals surface area contributed by atoms with Crippen LogP contribution in [0.25, 0.3) is 0 Å². The zero-order chi connectivity index (χ0) is 16.6. The molecule has 0 heterocycles. The van der Waals surface area contributed by atoms with Crippen molar-refractivity contribution in [2.24, 2.45) is 10.7 Å². The van der Waals surface area contributed by atoms with Crippen molar-refractivity contribution in [3.05, 3.63) is 0 Å². The van der Waals surface area contributed by atoms with Crippen LogP contribution in [0, 0.1) is 0 Å². The molecule has 6 nitrogen and oxygen atoms in total. The molecule has 0 rings (SSSR count). The molecule has 0 aliphatic carbocycles. The van der Waals surface area contributed by atoms with Crippen molar-refractivity contribution >= 4 is 36.0 Å². The van der Waals surface area contributed by atoms with Crippen molar-refractivity contribution in [3.63, 3.8) is 0 Å². The summed E-state index contributed by atoms with van der Waals surface area (Å²) in [5, 5.41) is 0. The minimum absolute atomic E-state index is 0. The van der Waals surface area contributed by atoms with Crippen LogP contribution in [0.1, 0.15) is 48.0 Å². The zero-order valence-electron chi connectivity index (χ0n) is 15.0. The molecule has 0 saturated carbocycles. The van der Waals surface area contributed by atoms with E-state index in [9.17, 15) is 4.79 Å². The Kier molecular flexibility index (Phi) is 11.7. The minimum atomic E-state index is -0.476. The smallest absolute Gasteiger partial charge is 0.410 e. The number of rotatable bonds is 6. The van der Waals surface area contributed by atoms with Gasteiger partial charge < -0.3 is 20.3 Å². The first-order chi connectivity index (χ1) is 9.62. The van der Waals surface area contributed by atoms with Crippen molar-refractivity contribution in [3.8, 4) is 0 Å². The van der Waals surface area contributed by atoms with Gasteiger partial charge in [-0.2, -0.15) is 0 Å². The lowest BCUT2D eigenvalue weighted by Gasteiger charge is -2.28. The number of carbonyl (C=O) groups is 1. The summed E-state index contributed by atoms with van der Waals surface area (Å²) in [6.07, 6.45) is 0.438. The van der Waals surface area contributed by atoms with Gasteiger partial charge >= 0.3 is 6.09 Å². The number of ether oxygens (including phenoxy) is 1. The average Bonchev–Trinajstić information content (AvgIpc) is 2.37. The number of nitrogens with two attached hydrogens (primary N) is 1. The largest absolute Gasteiger partial charge is 0.444 e. The van der Waals surface area contributed by atoms with Crippen LogP contribution in [-0.4, -0.2) is 60.2 Å². The van der Waals surface area contributed by atoms with Crippen LogP contribution in [0.5, 0.6) is 0 Å². The van der Waals surface area contributed by atoms with Crippen LogP contribution in [0.15, 0.2) is 4.99 Å². The summed E-state index contributed by atoms with van der Waals surface area (Å²) in [5.41, 5.74) is 5.44. The first kappa shape index (κ1) is 23.5. The van der Waals surface area contributed by atoms with Crippen LogP contribution < -0.4 is 5.73 Å². The maximum atomic E-state index is 11.9. The highest BCUT2D eigenvalue weighted by Crippen LogP contribution is 2.11. The molecule has 1 atom stereocenters. The first-order valence-corrected chi connectivity index (χ1v) is 7.63. The Bertz CT molecular complexity index is 352. The summed E-state index contributed by atoms with van der Waals surface area (Å²) >= 11 is 0. The van der Waals surface area contributed by atoms with Crippen molar-refractivity contribution in [2.45, 2.75) is 59.6 Å². The van der Waals surface area contributed by atoms with E-state index < -0.39 is 5.60 Å². The first-order valence-electron chi connectivity index (χ1n) is 7.63. The highest BCUT2D eigenvalue weighted by molar-refractivity contribution is 14.0. The fourth-order valence-electron chi connectivity index (χ4n) is 1.72. The highest BCUT2D eigenvalue weighted by atomic mass is 127. The molecule has 0 aromatic carbocycles. The molecule has 0 aliphatic heterocycles. The third kappa shape index (κ3) is 9.32. The fourth-order valence-corrected chi connectivity index (χ4v) is 1.72. The Hall–Kier alpha value is -0.730. The third-order valence-electron chi connectivity index (χ3n) is 3.25. The van der Waals surface area contributed by atoms with Crippen LogP contribution in [0.3, 0.4) is 0 Å². The Morgan fingerprint density at radius 1 is 1.27 bits per heavy atom. The summed E-state index contributed by atoms with van der Waals surface area (Å²) < 4.78 is 5.34. The van der Waals surface area contributed by atoms with Gasteiger partial charge in [0.25, 0.3) is 0 Å². The van der Waals surface area contributed by atoms with Crippen molar-refractivity contribution in [1.29, 1.82) is 0 Å². The number of hydrogen-bond acceptors (Lipinski definition) is 3. The van der Waals surface area contributed by atoms with E-state index in [-0.39, 0.29) is 36.1 Å². The van der Waals surface area contributed by atoms with Crippen LogP contribution in [0.2, 0.25) is 0 Å². The molecule has 2 N–H and O–H groups in total. The van der Waals surface area contributed by atoms with Crippen molar-refractivity contribution in [2.75, 3.05) is 26.7 Å². The molecule has 0 spiro atoms. The number of aliphatic imine (C=N–C) groups is 1. The van der Waals surface area contributed by atoms with Gasteiger partial charge in [-0.15, -0.1) is 24.0 Å². The topological polar surface area (TPSA) is 71.2 Å². The van der Waals surface area contributed by atoms with E-state index in [1.165, 1.54) is 0 Å². The normalized spacial score (nSPS) is 13.1. The molecule has 132 valence electrons. The molecular weight excluding hydrogens is 395 g/mol. The molecule has 7 heteroatoms. The summed E-state index contributed by atoms with van der Waals surface area (Å²) in [5.74, 6) is 0.562. The van der Waals surface area contributed by atoms with E-state index in [0.717, 1.165) is 19.5 Å². The SMILES string of the molecule is CCN(CC)C(N)=NCCC(C)N(C)C(=O)OC(C)(C)C.I. The third-order valence-corrected chi connectivity index (χ3v) is 3.25. The van der Waals surface area contributed by atoms with Crippen LogP contribution in [0.4, 0.5) is 4.79 Å². The lowest BCUT2D eigenvalue weighted by atomic mass is 10.2. The van der Waals surface area contributed by atoms with Crippen molar-refractivity contribution in [1.82, 2.24) is 9.80 Å². The quantitative estimate of drug-likeness (QED) is 0.401. The Labute approximate surface area is 152 Å². The molecule has 1 amide bonds. The number of hydrogen-bond donors (Lipinski definition) is 1. The maximum absolute atomic E-state index is 11.9. The highest BCUT2D eigenvalue weighted by Gasteiger charge is 2.22. The van der Waals surface area contributed by atoms with Gasteiger partial charge in [-0.05, 0) is 48.0 Å². The second-order valence-electron chi connectivity index (χ2n) is 6.14. The molecule has 1 unspecified atom stereocenters. The maximum Gasteiger partial charge on any atom is 0.410 e. The Morgan fingerprint density at radius 2 is 1.77 bits per heavy atom. The Morgan fingerprint density at radius 3 is 2.18 bits per heavy atom. The van der Waals surface area contributed by atoms with Gasteiger partial charge in [0, 0.05) is 32.7 Å². The summed E-state index contributed by atoms with van der Waals surface area (Å²) in [6, 6.07) is 0.0492. The van der Waals surface area contributed by atoms with E-state index in [0.29, 0.717) is 12.5 Å². The van der Waals surface area contributed by atoms with Crippen molar-refractivity contribution < 1.29 is 9.53 Å². The molecule has 0 bridgehead atoms. The standard InChI is InChI=1S/C15H32N4O2.HI/c1-8-19(9-2)13(16)17-11-10-12(3)18(7)14(20)21-15(4,5)6;/h12H,8-11H2,1-7H3,(H2,16,17);1H. The molecule has 0 aliphatic rings. The predicted octanol–water partition coefficient (Wildman–Crippen LogP) is 2.91. The molecule has 0 aromatic heterocycles. The Balaban J connectivity index is 0. The molecule has 0 fully saturated rings. The second kappa shape index (κ2) is 10.9. The van der Waals surface area contributed by atoms with Crippen LogP contribution in [-0.2, 0) is 4.74 Å². The van der Waals surface area contributed by atoms with E-state index >= 15 is 0 Å². The van der Waals surface area contributed by atoms with Gasteiger partial charge in [0.15, 0.2) is 5.96 Å². The molecule has 0 radical (unpaired) electrons. The van der Waals surface area contributed by atoms with Gasteiger partial charge in [-0.1, -0.05) is 0 Å². The molecular formula is C15H33IN4O2. The summed E-state index contributed by atoms with van der Waals surface area (Å²) in [4.78, 5) is 19.9. The van der Waals surface area contributed by atoms with E-state index in [1.54, 1.807) is 11.9 Å². The average molecular weight is 428 g/mol. The van der Waals surface area contributed by atoms with Gasteiger partial charge in [0.05, 0.1) is 0 Å². The van der Waals surface area contributed by atoms with Gasteiger partial charge in [0.1, 0.15) is 5.60 Å². The fraction of sp³-hybridized carbons (Fsp3) is 0.867. The number of amides is 1. The van der Waals surface area contributed by atoms with Gasteiger partial charge in [-0.25, -0.2) is 4.79 Å². The minimum Gasteiger partial charge on any atom is -0.444 e. The number of guanidine groups is 1. The predicted molar refractivity (Wildman–Crippen MR) is 103 cm³/mol. The summed E-state index contributed by atoms with van der Waals surface area (Å²) in [7, 11) is 1.75.